The van der Waals surface area contributed by atoms with Crippen LogP contribution in [-0.4, -0.2) is 69.6 Å². The first kappa shape index (κ1) is 26.5. The zero-order valence-corrected chi connectivity index (χ0v) is 23.4. The van der Waals surface area contributed by atoms with Crippen LogP contribution in [0.3, 0.4) is 0 Å². The van der Waals surface area contributed by atoms with Crippen molar-refractivity contribution in [1.29, 1.82) is 0 Å². The number of halogens is 1. The molecular formula is C27H31ClN4O5S. The van der Waals surface area contributed by atoms with Crippen LogP contribution in [0.2, 0.25) is 5.02 Å². The van der Waals surface area contributed by atoms with E-state index in [1.165, 1.54) is 18.2 Å². The highest BCUT2D eigenvalue weighted by Gasteiger charge is 2.29. The molecule has 2 aliphatic rings. The van der Waals surface area contributed by atoms with Gasteiger partial charge in [0.15, 0.2) is 0 Å². The average Bonchev–Trinajstić information content (AvgIpc) is 2.86. The van der Waals surface area contributed by atoms with E-state index in [1.54, 1.807) is 4.90 Å². The van der Waals surface area contributed by atoms with Crippen LogP contribution < -0.4 is 15.2 Å². The number of hydrogen-bond acceptors (Lipinski definition) is 7. The molecule has 0 bridgehead atoms. The van der Waals surface area contributed by atoms with Crippen molar-refractivity contribution in [1.82, 2.24) is 9.80 Å². The molecule has 1 N–H and O–H groups in total. The van der Waals surface area contributed by atoms with Gasteiger partial charge in [0.25, 0.3) is 5.91 Å². The minimum atomic E-state index is -3.51. The molecule has 0 aliphatic carbocycles. The van der Waals surface area contributed by atoms with Crippen molar-refractivity contribution in [3.05, 3.63) is 68.0 Å². The molecule has 0 unspecified atom stereocenters. The monoisotopic (exact) mass is 558 g/mol. The lowest BCUT2D eigenvalue weighted by atomic mass is 9.95. The maximum atomic E-state index is 13.2. The van der Waals surface area contributed by atoms with E-state index in [-0.39, 0.29) is 23.2 Å². The first-order valence-corrected chi connectivity index (χ1v) is 14.8. The highest BCUT2D eigenvalue weighted by atomic mass is 35.5. The number of anilines is 2. The van der Waals surface area contributed by atoms with Gasteiger partial charge in [-0.2, -0.15) is 0 Å². The predicted molar refractivity (Wildman–Crippen MR) is 150 cm³/mol. The first-order chi connectivity index (χ1) is 17.9. The Bertz CT molecular complexity index is 1600. The number of hydrogen-bond donors (Lipinski definition) is 1. The van der Waals surface area contributed by atoms with Gasteiger partial charge in [-0.05, 0) is 63.2 Å². The van der Waals surface area contributed by atoms with E-state index in [0.717, 1.165) is 48.1 Å². The van der Waals surface area contributed by atoms with Crippen molar-refractivity contribution in [2.24, 2.45) is 0 Å². The normalized spacial score (nSPS) is 18.5. The van der Waals surface area contributed by atoms with Gasteiger partial charge in [0.05, 0.1) is 29.1 Å². The summed E-state index contributed by atoms with van der Waals surface area (Å²) in [5.41, 5.74) is 4.13. The molecule has 202 valence electrons. The third-order valence-corrected chi connectivity index (χ3v) is 8.49. The van der Waals surface area contributed by atoms with Gasteiger partial charge in [0.2, 0.25) is 10.0 Å². The Kier molecular flexibility index (Phi) is 6.91. The number of aryl methyl sites for hydroxylation is 1. The molecule has 1 saturated heterocycles. The molecule has 0 saturated carbocycles. The van der Waals surface area contributed by atoms with Crippen molar-refractivity contribution in [2.45, 2.75) is 32.9 Å². The smallest absolute Gasteiger partial charge is 0.341 e. The van der Waals surface area contributed by atoms with Gasteiger partial charge < -0.3 is 19.1 Å². The van der Waals surface area contributed by atoms with Crippen molar-refractivity contribution < 1.29 is 17.6 Å². The van der Waals surface area contributed by atoms with E-state index >= 15 is 0 Å². The second-order valence-electron chi connectivity index (χ2n) is 10.3. The number of carbonyl (C=O) groups excluding carboxylic acids is 1. The number of amides is 1. The zero-order chi connectivity index (χ0) is 27.4. The number of nitrogens with one attached hydrogen (secondary N) is 1. The maximum Gasteiger partial charge on any atom is 0.341 e. The molecular weight excluding hydrogens is 528 g/mol. The van der Waals surface area contributed by atoms with Crippen molar-refractivity contribution in [2.75, 3.05) is 49.1 Å². The Morgan fingerprint density at radius 2 is 1.89 bits per heavy atom. The molecule has 11 heteroatoms. The zero-order valence-electron chi connectivity index (χ0n) is 21.9. The van der Waals surface area contributed by atoms with E-state index < -0.39 is 15.6 Å². The lowest BCUT2D eigenvalue weighted by Gasteiger charge is -2.39. The maximum absolute atomic E-state index is 13.2. The fourth-order valence-electron chi connectivity index (χ4n) is 5.35. The summed E-state index contributed by atoms with van der Waals surface area (Å²) in [6.07, 6.45) is 1.55. The largest absolute Gasteiger partial charge is 0.422 e. The van der Waals surface area contributed by atoms with Crippen LogP contribution in [0.15, 0.2) is 39.5 Å². The molecule has 3 heterocycles. The van der Waals surface area contributed by atoms with E-state index in [0.29, 0.717) is 35.7 Å². The van der Waals surface area contributed by atoms with Gasteiger partial charge in [0, 0.05) is 54.4 Å². The van der Waals surface area contributed by atoms with Gasteiger partial charge in [-0.15, -0.1) is 0 Å². The highest BCUT2D eigenvalue weighted by molar-refractivity contribution is 7.92. The Morgan fingerprint density at radius 3 is 2.58 bits per heavy atom. The molecule has 0 radical (unpaired) electrons. The molecule has 1 aromatic heterocycles. The van der Waals surface area contributed by atoms with Crippen LogP contribution in [0.4, 0.5) is 11.4 Å². The van der Waals surface area contributed by atoms with E-state index in [9.17, 15) is 18.0 Å². The van der Waals surface area contributed by atoms with E-state index in [4.69, 9.17) is 16.0 Å². The Labute approximate surface area is 227 Å². The van der Waals surface area contributed by atoms with Crippen molar-refractivity contribution >= 4 is 49.9 Å². The SMILES string of the molecule is Cc1c(N2CCN(C)[C@H](C)C2)ccc2c3c(c(=O)oc12)CN(C(=O)c1ccc(NS(C)(=O)=O)c(Cl)c1)CC3. The third-order valence-electron chi connectivity index (χ3n) is 7.59. The number of fused-ring (bicyclic) bond motifs is 3. The number of benzene rings is 2. The summed E-state index contributed by atoms with van der Waals surface area (Å²) in [6.45, 7) is 7.56. The number of sulfonamides is 1. The summed E-state index contributed by atoms with van der Waals surface area (Å²) in [7, 11) is -1.37. The first-order valence-electron chi connectivity index (χ1n) is 12.5. The molecule has 1 amide bonds. The van der Waals surface area contributed by atoms with Gasteiger partial charge in [0.1, 0.15) is 5.58 Å². The molecule has 2 aromatic carbocycles. The van der Waals surface area contributed by atoms with Crippen molar-refractivity contribution in [3.63, 3.8) is 0 Å². The van der Waals surface area contributed by atoms with Gasteiger partial charge >= 0.3 is 5.63 Å². The summed E-state index contributed by atoms with van der Waals surface area (Å²) in [5.74, 6) is -0.293. The van der Waals surface area contributed by atoms with Crippen LogP contribution in [-0.2, 0) is 23.0 Å². The molecule has 38 heavy (non-hydrogen) atoms. The van der Waals surface area contributed by atoms with Gasteiger partial charge in [-0.3, -0.25) is 9.52 Å². The van der Waals surface area contributed by atoms with E-state index in [2.05, 4.69) is 34.6 Å². The quantitative estimate of drug-likeness (QED) is 0.489. The highest BCUT2D eigenvalue weighted by Crippen LogP contribution is 2.34. The lowest BCUT2D eigenvalue weighted by Crippen LogP contribution is -2.50. The standard InChI is InChI=1S/C27H31ClN4O5S/c1-16-14-31(12-11-30(16)3)24-8-6-20-19-9-10-32(15-21(19)27(34)37-25(20)17(24)2)26(33)18-5-7-23(22(28)13-18)29-38(4,35)36/h5-8,13,16,29H,9-12,14-15H2,1-4H3/t16-/m1/s1. The fourth-order valence-corrected chi connectivity index (χ4v) is 6.21. The van der Waals surface area contributed by atoms with Gasteiger partial charge in [-0.1, -0.05) is 11.6 Å². The second kappa shape index (κ2) is 9.91. The molecule has 1 atom stereocenters. The number of carbonyl (C=O) groups is 1. The van der Waals surface area contributed by atoms with Crippen LogP contribution in [0.5, 0.6) is 0 Å². The molecule has 2 aliphatic heterocycles. The number of rotatable bonds is 4. The molecule has 0 spiro atoms. The summed E-state index contributed by atoms with van der Waals surface area (Å²) in [4.78, 5) is 32.7. The third kappa shape index (κ3) is 5.00. The molecule has 9 nitrogen and oxygen atoms in total. The van der Waals surface area contributed by atoms with Crippen LogP contribution in [0.25, 0.3) is 11.0 Å². The number of nitrogens with zero attached hydrogens (tertiary/aromatic N) is 3. The molecule has 1 fully saturated rings. The minimum absolute atomic E-state index is 0.116. The van der Waals surface area contributed by atoms with Gasteiger partial charge in [-0.25, -0.2) is 13.2 Å². The second-order valence-corrected chi connectivity index (χ2v) is 12.4. The number of likely N-dealkylation sites (N-methyl/N-ethyl adjacent to an activating group) is 1. The Balaban J connectivity index is 1.42. The summed E-state index contributed by atoms with van der Waals surface area (Å²) in [5, 5.41) is 1.03. The Hall–Kier alpha value is -3.08. The minimum Gasteiger partial charge on any atom is -0.422 e. The summed E-state index contributed by atoms with van der Waals surface area (Å²) in [6, 6.07) is 8.98. The van der Waals surface area contributed by atoms with Crippen LogP contribution >= 0.6 is 11.6 Å². The molecule has 3 aromatic rings. The van der Waals surface area contributed by atoms with Crippen LogP contribution in [0.1, 0.15) is 34.0 Å². The van der Waals surface area contributed by atoms with E-state index in [1.807, 2.05) is 13.0 Å². The van der Waals surface area contributed by atoms with Crippen molar-refractivity contribution in [3.8, 4) is 0 Å². The summed E-state index contributed by atoms with van der Waals surface area (Å²) < 4.78 is 31.2. The van der Waals surface area contributed by atoms with Crippen LogP contribution in [0, 0.1) is 6.92 Å². The lowest BCUT2D eigenvalue weighted by molar-refractivity contribution is 0.0733. The Morgan fingerprint density at radius 1 is 1.13 bits per heavy atom. The predicted octanol–water partition coefficient (Wildman–Crippen LogP) is 3.47. The fraction of sp³-hybridized carbons (Fsp3) is 0.407. The molecule has 5 rings (SSSR count). The topological polar surface area (TPSA) is 103 Å². The average molecular weight is 559 g/mol. The number of piperazine rings is 1. The summed E-state index contributed by atoms with van der Waals surface area (Å²) >= 11 is 6.22.